The van der Waals surface area contributed by atoms with Gasteiger partial charge in [0.05, 0.1) is 0 Å². The monoisotopic (exact) mass is 268 g/mol. The molecule has 2 fully saturated rings. The van der Waals surface area contributed by atoms with E-state index in [2.05, 4.69) is 17.6 Å². The van der Waals surface area contributed by atoms with Gasteiger partial charge in [-0.1, -0.05) is 19.8 Å². The molecular formula is C15H28N2O2. The van der Waals surface area contributed by atoms with Gasteiger partial charge in [-0.3, -0.25) is 0 Å². The van der Waals surface area contributed by atoms with Crippen molar-refractivity contribution in [3.63, 3.8) is 0 Å². The van der Waals surface area contributed by atoms with Crippen LogP contribution in [0.5, 0.6) is 0 Å². The van der Waals surface area contributed by atoms with Crippen LogP contribution in [0.1, 0.15) is 59.8 Å². The molecule has 2 rings (SSSR count). The number of amides is 1. The van der Waals surface area contributed by atoms with Crippen LogP contribution in [0.4, 0.5) is 4.79 Å². The van der Waals surface area contributed by atoms with Crippen LogP contribution in [-0.4, -0.2) is 29.8 Å². The minimum atomic E-state index is -0.417. The van der Waals surface area contributed by atoms with Crippen molar-refractivity contribution in [3.05, 3.63) is 0 Å². The van der Waals surface area contributed by atoms with Crippen LogP contribution >= 0.6 is 0 Å². The minimum Gasteiger partial charge on any atom is -0.444 e. The van der Waals surface area contributed by atoms with E-state index < -0.39 is 5.60 Å². The number of carbonyl (C=O) groups excluding carboxylic acids is 1. The number of alkyl carbamates (subject to hydrolysis) is 1. The van der Waals surface area contributed by atoms with Crippen LogP contribution in [0.25, 0.3) is 0 Å². The molecule has 0 aromatic heterocycles. The molecule has 0 aromatic carbocycles. The van der Waals surface area contributed by atoms with Gasteiger partial charge in [0.1, 0.15) is 5.60 Å². The average molecular weight is 268 g/mol. The summed E-state index contributed by atoms with van der Waals surface area (Å²) in [6.07, 6.45) is 6.04. The Kier molecular flexibility index (Phi) is 4.39. The molecule has 0 spiro atoms. The van der Waals surface area contributed by atoms with E-state index in [1.807, 2.05) is 20.8 Å². The van der Waals surface area contributed by atoms with Crippen molar-refractivity contribution >= 4 is 6.09 Å². The number of ether oxygens (including phenoxy) is 1. The Bertz CT molecular complexity index is 325. The lowest BCUT2D eigenvalue weighted by Crippen LogP contribution is -2.42. The molecule has 0 saturated heterocycles. The summed E-state index contributed by atoms with van der Waals surface area (Å²) in [4.78, 5) is 11.7. The lowest BCUT2D eigenvalue weighted by Gasteiger charge is -2.30. The molecule has 4 atom stereocenters. The normalized spacial score (nSPS) is 34.7. The predicted molar refractivity (Wildman–Crippen MR) is 76.1 cm³/mol. The summed E-state index contributed by atoms with van der Waals surface area (Å²) in [5.41, 5.74) is -0.417. The van der Waals surface area contributed by atoms with Crippen molar-refractivity contribution in [2.45, 2.75) is 83.5 Å². The molecule has 4 nitrogen and oxygen atoms in total. The van der Waals surface area contributed by atoms with Crippen LogP contribution < -0.4 is 10.6 Å². The maximum absolute atomic E-state index is 11.7. The van der Waals surface area contributed by atoms with Crippen LogP contribution in [0.15, 0.2) is 0 Å². The largest absolute Gasteiger partial charge is 0.444 e. The highest BCUT2D eigenvalue weighted by Crippen LogP contribution is 2.29. The summed E-state index contributed by atoms with van der Waals surface area (Å²) in [6.45, 7) is 7.99. The molecule has 0 bridgehead atoms. The van der Waals surface area contributed by atoms with Gasteiger partial charge < -0.3 is 15.4 Å². The molecule has 0 radical (unpaired) electrons. The van der Waals surface area contributed by atoms with E-state index in [1.54, 1.807) is 0 Å². The molecule has 2 N–H and O–H groups in total. The third kappa shape index (κ3) is 4.68. The smallest absolute Gasteiger partial charge is 0.407 e. The Labute approximate surface area is 116 Å². The zero-order chi connectivity index (χ0) is 14.0. The van der Waals surface area contributed by atoms with Gasteiger partial charge in [-0.2, -0.15) is 0 Å². The fraction of sp³-hybridized carbons (Fsp3) is 0.933. The van der Waals surface area contributed by atoms with Crippen molar-refractivity contribution < 1.29 is 9.53 Å². The van der Waals surface area contributed by atoms with Gasteiger partial charge in [-0.15, -0.1) is 0 Å². The summed E-state index contributed by atoms with van der Waals surface area (Å²) < 4.78 is 5.27. The minimum absolute atomic E-state index is 0.254. The van der Waals surface area contributed by atoms with Crippen molar-refractivity contribution in [2.24, 2.45) is 5.92 Å². The highest BCUT2D eigenvalue weighted by Gasteiger charge is 2.41. The fourth-order valence-electron chi connectivity index (χ4n) is 2.84. The van der Waals surface area contributed by atoms with Crippen LogP contribution in [0, 0.1) is 5.92 Å². The number of nitrogens with one attached hydrogen (secondary N) is 2. The van der Waals surface area contributed by atoms with E-state index in [0.29, 0.717) is 12.1 Å². The zero-order valence-electron chi connectivity index (χ0n) is 12.7. The standard InChI is InChI=1S/C15H28N2O2/c1-10-7-5-6-8-11(10)16-12-9-13(12)17-14(18)19-15(2,3)4/h10-13,16H,5-9H2,1-4H3,(H,17,18). The highest BCUT2D eigenvalue weighted by molar-refractivity contribution is 5.68. The summed E-state index contributed by atoms with van der Waals surface area (Å²) in [5.74, 6) is 0.761. The topological polar surface area (TPSA) is 50.4 Å². The quantitative estimate of drug-likeness (QED) is 0.827. The summed E-state index contributed by atoms with van der Waals surface area (Å²) in [6, 6.07) is 1.33. The molecule has 2 aliphatic rings. The SMILES string of the molecule is CC1CCCCC1NC1CC1NC(=O)OC(C)(C)C. The predicted octanol–water partition coefficient (Wildman–Crippen LogP) is 2.82. The van der Waals surface area contributed by atoms with Gasteiger partial charge in [-0.05, 0) is 46.0 Å². The molecular weight excluding hydrogens is 240 g/mol. The number of rotatable bonds is 3. The molecule has 0 aromatic rings. The van der Waals surface area contributed by atoms with Crippen LogP contribution in [-0.2, 0) is 4.74 Å². The second-order valence-corrected chi connectivity index (χ2v) is 7.13. The van der Waals surface area contributed by atoms with Crippen molar-refractivity contribution in [1.82, 2.24) is 10.6 Å². The Hall–Kier alpha value is -0.770. The van der Waals surface area contributed by atoms with Gasteiger partial charge in [0, 0.05) is 18.1 Å². The van der Waals surface area contributed by atoms with E-state index in [9.17, 15) is 4.79 Å². The lowest BCUT2D eigenvalue weighted by molar-refractivity contribution is 0.0521. The van der Waals surface area contributed by atoms with Crippen molar-refractivity contribution in [1.29, 1.82) is 0 Å². The maximum Gasteiger partial charge on any atom is 0.407 e. The molecule has 19 heavy (non-hydrogen) atoms. The first kappa shape index (κ1) is 14.6. The Morgan fingerprint density at radius 2 is 1.79 bits per heavy atom. The van der Waals surface area contributed by atoms with E-state index >= 15 is 0 Å². The van der Waals surface area contributed by atoms with Gasteiger partial charge >= 0.3 is 6.09 Å². The first-order valence-corrected chi connectivity index (χ1v) is 7.61. The van der Waals surface area contributed by atoms with Crippen molar-refractivity contribution in [3.8, 4) is 0 Å². The zero-order valence-corrected chi connectivity index (χ0v) is 12.7. The van der Waals surface area contributed by atoms with E-state index in [4.69, 9.17) is 4.74 Å². The van der Waals surface area contributed by atoms with Crippen LogP contribution in [0.3, 0.4) is 0 Å². The van der Waals surface area contributed by atoms with E-state index in [0.717, 1.165) is 12.3 Å². The summed E-state index contributed by atoms with van der Waals surface area (Å²) in [7, 11) is 0. The summed E-state index contributed by atoms with van der Waals surface area (Å²) in [5, 5.41) is 6.63. The van der Waals surface area contributed by atoms with Crippen molar-refractivity contribution in [2.75, 3.05) is 0 Å². The molecule has 110 valence electrons. The van der Waals surface area contributed by atoms with Crippen LogP contribution in [0.2, 0.25) is 0 Å². The highest BCUT2D eigenvalue weighted by atomic mass is 16.6. The first-order valence-electron chi connectivity index (χ1n) is 7.61. The third-order valence-corrected chi connectivity index (χ3v) is 4.03. The van der Waals surface area contributed by atoms with Gasteiger partial charge in [0.15, 0.2) is 0 Å². The fourth-order valence-corrected chi connectivity index (χ4v) is 2.84. The number of hydrogen-bond acceptors (Lipinski definition) is 3. The van der Waals surface area contributed by atoms with E-state index in [-0.39, 0.29) is 12.1 Å². The molecule has 1 amide bonds. The van der Waals surface area contributed by atoms with Gasteiger partial charge in [0.2, 0.25) is 0 Å². The molecule has 0 aliphatic heterocycles. The first-order chi connectivity index (χ1) is 8.85. The Morgan fingerprint density at radius 1 is 1.11 bits per heavy atom. The molecule has 2 saturated carbocycles. The Morgan fingerprint density at radius 3 is 2.42 bits per heavy atom. The summed E-state index contributed by atoms with van der Waals surface area (Å²) >= 11 is 0. The second-order valence-electron chi connectivity index (χ2n) is 7.13. The van der Waals surface area contributed by atoms with Gasteiger partial charge in [-0.25, -0.2) is 4.79 Å². The average Bonchev–Trinajstić information content (AvgIpc) is 2.97. The van der Waals surface area contributed by atoms with E-state index in [1.165, 1.54) is 25.7 Å². The molecule has 4 heteroatoms. The third-order valence-electron chi connectivity index (χ3n) is 4.03. The second kappa shape index (κ2) is 5.70. The molecule has 4 unspecified atom stereocenters. The Balaban J connectivity index is 1.68. The van der Waals surface area contributed by atoms with Gasteiger partial charge in [0.25, 0.3) is 0 Å². The number of carbonyl (C=O) groups is 1. The number of hydrogen-bond donors (Lipinski definition) is 2. The molecule has 0 heterocycles. The lowest BCUT2D eigenvalue weighted by atomic mass is 9.86. The maximum atomic E-state index is 11.7. The molecule has 2 aliphatic carbocycles.